The Bertz CT molecular complexity index is 374. The van der Waals surface area contributed by atoms with Gasteiger partial charge in [-0.15, -0.1) is 0 Å². The van der Waals surface area contributed by atoms with Gasteiger partial charge in [-0.2, -0.15) is 13.2 Å². The molecule has 0 aromatic rings. The summed E-state index contributed by atoms with van der Waals surface area (Å²) >= 11 is 0. The van der Waals surface area contributed by atoms with Crippen LogP contribution >= 0.6 is 0 Å². The Morgan fingerprint density at radius 3 is 2.26 bits per heavy atom. The molecule has 4 nitrogen and oxygen atoms in total. The van der Waals surface area contributed by atoms with E-state index in [0.29, 0.717) is 31.8 Å². The van der Waals surface area contributed by atoms with Crippen molar-refractivity contribution in [2.75, 3.05) is 18.8 Å². The SMILES string of the molecule is CC(N)C1CCN(S(=O)(=O)CCCC(F)(F)F)CC1. The van der Waals surface area contributed by atoms with Crippen LogP contribution in [0.3, 0.4) is 0 Å². The van der Waals surface area contributed by atoms with Crippen molar-refractivity contribution < 1.29 is 21.6 Å². The van der Waals surface area contributed by atoms with Crippen LogP contribution in [0.1, 0.15) is 32.6 Å². The van der Waals surface area contributed by atoms with Crippen LogP contribution in [0.25, 0.3) is 0 Å². The highest BCUT2D eigenvalue weighted by molar-refractivity contribution is 7.89. The van der Waals surface area contributed by atoms with Crippen LogP contribution < -0.4 is 5.73 Å². The zero-order valence-corrected chi connectivity index (χ0v) is 11.8. The molecule has 1 heterocycles. The lowest BCUT2D eigenvalue weighted by molar-refractivity contribution is -0.134. The molecular formula is C11H21F3N2O2S. The summed E-state index contributed by atoms with van der Waals surface area (Å²) in [5, 5.41) is 0. The van der Waals surface area contributed by atoms with E-state index in [-0.39, 0.29) is 12.5 Å². The molecule has 114 valence electrons. The maximum Gasteiger partial charge on any atom is 0.389 e. The topological polar surface area (TPSA) is 63.4 Å². The van der Waals surface area contributed by atoms with E-state index in [1.807, 2.05) is 6.92 Å². The van der Waals surface area contributed by atoms with Gasteiger partial charge in [0.1, 0.15) is 0 Å². The van der Waals surface area contributed by atoms with Crippen molar-refractivity contribution in [3.05, 3.63) is 0 Å². The Morgan fingerprint density at radius 1 is 1.32 bits per heavy atom. The van der Waals surface area contributed by atoms with Crippen molar-refractivity contribution in [3.63, 3.8) is 0 Å². The van der Waals surface area contributed by atoms with Gasteiger partial charge in [0.2, 0.25) is 10.0 Å². The lowest BCUT2D eigenvalue weighted by Crippen LogP contribution is -2.43. The summed E-state index contributed by atoms with van der Waals surface area (Å²) < 4.78 is 61.0. The number of rotatable bonds is 5. The molecule has 0 aliphatic carbocycles. The summed E-state index contributed by atoms with van der Waals surface area (Å²) in [5.74, 6) is -0.142. The Hall–Kier alpha value is -0.340. The third-order valence-electron chi connectivity index (χ3n) is 3.50. The molecule has 1 fully saturated rings. The largest absolute Gasteiger partial charge is 0.389 e. The predicted molar refractivity (Wildman–Crippen MR) is 67.0 cm³/mol. The smallest absolute Gasteiger partial charge is 0.328 e. The number of hydrogen-bond acceptors (Lipinski definition) is 3. The number of halogens is 3. The highest BCUT2D eigenvalue weighted by Crippen LogP contribution is 2.24. The van der Waals surface area contributed by atoms with Gasteiger partial charge < -0.3 is 5.73 Å². The minimum atomic E-state index is -4.29. The molecule has 8 heteroatoms. The monoisotopic (exact) mass is 302 g/mol. The van der Waals surface area contributed by atoms with E-state index in [1.165, 1.54) is 4.31 Å². The Labute approximate surface area is 112 Å². The highest BCUT2D eigenvalue weighted by atomic mass is 32.2. The molecule has 1 saturated heterocycles. The van der Waals surface area contributed by atoms with E-state index in [1.54, 1.807) is 0 Å². The van der Waals surface area contributed by atoms with Gasteiger partial charge in [0.05, 0.1) is 5.75 Å². The van der Waals surface area contributed by atoms with Crippen molar-refractivity contribution in [2.24, 2.45) is 11.7 Å². The maximum atomic E-state index is 12.0. The highest BCUT2D eigenvalue weighted by Gasteiger charge is 2.31. The summed E-state index contributed by atoms with van der Waals surface area (Å²) in [4.78, 5) is 0. The summed E-state index contributed by atoms with van der Waals surface area (Å²) in [6.45, 7) is 2.61. The van der Waals surface area contributed by atoms with Crippen LogP contribution in [0.2, 0.25) is 0 Å². The Morgan fingerprint density at radius 2 is 1.84 bits per heavy atom. The second kappa shape index (κ2) is 6.41. The first-order valence-corrected chi connectivity index (χ1v) is 8.03. The van der Waals surface area contributed by atoms with Crippen molar-refractivity contribution in [1.29, 1.82) is 0 Å². The van der Waals surface area contributed by atoms with E-state index < -0.39 is 28.4 Å². The number of hydrogen-bond donors (Lipinski definition) is 1. The first-order valence-electron chi connectivity index (χ1n) is 6.42. The van der Waals surface area contributed by atoms with Gasteiger partial charge in [-0.1, -0.05) is 0 Å². The lowest BCUT2D eigenvalue weighted by atomic mass is 9.92. The molecule has 0 bridgehead atoms. The molecule has 1 aliphatic heterocycles. The maximum absolute atomic E-state index is 12.0. The Kier molecular flexibility index (Phi) is 5.64. The van der Waals surface area contributed by atoms with Gasteiger partial charge in [-0.3, -0.25) is 0 Å². The van der Waals surface area contributed by atoms with Crippen LogP contribution in [0.5, 0.6) is 0 Å². The molecule has 1 unspecified atom stereocenters. The van der Waals surface area contributed by atoms with Gasteiger partial charge in [-0.25, -0.2) is 12.7 Å². The molecular weight excluding hydrogens is 281 g/mol. The lowest BCUT2D eigenvalue weighted by Gasteiger charge is -2.33. The molecule has 1 rings (SSSR count). The van der Waals surface area contributed by atoms with Crippen molar-refractivity contribution in [1.82, 2.24) is 4.31 Å². The summed E-state index contributed by atoms with van der Waals surface area (Å²) in [6, 6.07) is 0.0232. The fourth-order valence-electron chi connectivity index (χ4n) is 2.26. The molecule has 2 N–H and O–H groups in total. The van der Waals surface area contributed by atoms with Crippen molar-refractivity contribution >= 4 is 10.0 Å². The molecule has 1 aliphatic rings. The van der Waals surface area contributed by atoms with Crippen molar-refractivity contribution in [3.8, 4) is 0 Å². The normalized spacial score (nSPS) is 21.5. The molecule has 0 aromatic carbocycles. The number of alkyl halides is 3. The third kappa shape index (κ3) is 5.66. The molecule has 0 spiro atoms. The second-order valence-corrected chi connectivity index (χ2v) is 7.22. The number of nitrogens with zero attached hydrogens (tertiary/aromatic N) is 1. The average molecular weight is 302 g/mol. The molecule has 0 amide bonds. The zero-order valence-electron chi connectivity index (χ0n) is 11.0. The number of nitrogens with two attached hydrogens (primary N) is 1. The van der Waals surface area contributed by atoms with E-state index in [4.69, 9.17) is 5.73 Å². The first-order chi connectivity index (χ1) is 8.62. The minimum Gasteiger partial charge on any atom is -0.328 e. The van der Waals surface area contributed by atoms with Crippen LogP contribution in [-0.2, 0) is 10.0 Å². The van der Waals surface area contributed by atoms with Crippen LogP contribution in [-0.4, -0.2) is 43.8 Å². The molecule has 0 radical (unpaired) electrons. The molecule has 0 aromatic heterocycles. The third-order valence-corrected chi connectivity index (χ3v) is 5.45. The zero-order chi connectivity index (χ0) is 14.7. The summed E-state index contributed by atoms with van der Waals surface area (Å²) in [5.41, 5.74) is 5.76. The van der Waals surface area contributed by atoms with E-state index in [0.717, 1.165) is 0 Å². The van der Waals surface area contributed by atoms with E-state index >= 15 is 0 Å². The van der Waals surface area contributed by atoms with Crippen LogP contribution in [0.4, 0.5) is 13.2 Å². The Balaban J connectivity index is 2.42. The van der Waals surface area contributed by atoms with Crippen molar-refractivity contribution in [2.45, 2.75) is 44.8 Å². The van der Waals surface area contributed by atoms with E-state index in [9.17, 15) is 21.6 Å². The second-order valence-electron chi connectivity index (χ2n) is 5.13. The average Bonchev–Trinajstić information content (AvgIpc) is 2.27. The van der Waals surface area contributed by atoms with E-state index in [2.05, 4.69) is 0 Å². The van der Waals surface area contributed by atoms with Gasteiger partial charge >= 0.3 is 6.18 Å². The van der Waals surface area contributed by atoms with Crippen LogP contribution in [0, 0.1) is 5.92 Å². The summed E-state index contributed by atoms with van der Waals surface area (Å²) in [7, 11) is -3.56. The number of sulfonamides is 1. The number of piperidine rings is 1. The summed E-state index contributed by atoms with van der Waals surface area (Å²) in [6.07, 6.45) is -4.37. The fraction of sp³-hybridized carbons (Fsp3) is 1.00. The van der Waals surface area contributed by atoms with Gasteiger partial charge in [0, 0.05) is 25.6 Å². The minimum absolute atomic E-state index is 0.0232. The van der Waals surface area contributed by atoms with Gasteiger partial charge in [-0.05, 0) is 32.1 Å². The first kappa shape index (κ1) is 16.7. The molecule has 0 saturated carbocycles. The predicted octanol–water partition coefficient (Wildman–Crippen LogP) is 1.72. The van der Waals surface area contributed by atoms with Gasteiger partial charge in [0.25, 0.3) is 0 Å². The molecule has 19 heavy (non-hydrogen) atoms. The quantitative estimate of drug-likeness (QED) is 0.841. The fourth-order valence-corrected chi connectivity index (χ4v) is 3.80. The van der Waals surface area contributed by atoms with Gasteiger partial charge in [0.15, 0.2) is 0 Å². The van der Waals surface area contributed by atoms with Crippen LogP contribution in [0.15, 0.2) is 0 Å². The standard InChI is InChI=1S/C11H21F3N2O2S/c1-9(15)10-3-6-16(7-4-10)19(17,18)8-2-5-11(12,13)14/h9-10H,2-8,15H2,1H3. The molecule has 1 atom stereocenters.